The van der Waals surface area contributed by atoms with Gasteiger partial charge in [0.15, 0.2) is 11.2 Å². The third kappa shape index (κ3) is 6.09. The third-order valence-corrected chi connectivity index (χ3v) is 5.78. The maximum Gasteiger partial charge on any atom is 0.329 e. The summed E-state index contributed by atoms with van der Waals surface area (Å²) in [6.45, 7) is 3.65. The minimum atomic E-state index is -0.440. The minimum Gasteiger partial charge on any atom is -0.355 e. The number of imidazole rings is 1. The SMILES string of the molecule is CCCCCCCCCCn1c(NCCc2ccccc2)nc2c1c(=O)[nH]c(=O)n2C. The number of hydrogen-bond donors (Lipinski definition) is 2. The summed E-state index contributed by atoms with van der Waals surface area (Å²) in [6.07, 6.45) is 10.7. The van der Waals surface area contributed by atoms with Crippen LogP contribution in [-0.2, 0) is 20.0 Å². The van der Waals surface area contributed by atoms with Gasteiger partial charge in [-0.25, -0.2) is 4.79 Å². The van der Waals surface area contributed by atoms with E-state index in [2.05, 4.69) is 34.3 Å². The summed E-state index contributed by atoms with van der Waals surface area (Å²) < 4.78 is 3.35. The standard InChI is InChI=1S/C24H35N5O2/c1-3-4-5-6-7-8-9-13-18-29-20-21(28(2)24(31)27-22(20)30)26-23(29)25-17-16-19-14-11-10-12-15-19/h10-12,14-15H,3-9,13,16-18H2,1-2H3,(H,25,26)(H,27,30,31). The Morgan fingerprint density at radius 3 is 2.35 bits per heavy atom. The van der Waals surface area contributed by atoms with Crippen molar-refractivity contribution in [3.05, 3.63) is 56.7 Å². The lowest BCUT2D eigenvalue weighted by Gasteiger charge is -2.10. The molecule has 2 aromatic heterocycles. The molecule has 0 spiro atoms. The highest BCUT2D eigenvalue weighted by Crippen LogP contribution is 2.18. The van der Waals surface area contributed by atoms with Crippen LogP contribution >= 0.6 is 0 Å². The van der Waals surface area contributed by atoms with Gasteiger partial charge in [-0.3, -0.25) is 14.3 Å². The fraction of sp³-hybridized carbons (Fsp3) is 0.542. The van der Waals surface area contributed by atoms with E-state index in [1.165, 1.54) is 48.7 Å². The van der Waals surface area contributed by atoms with E-state index in [1.54, 1.807) is 7.05 Å². The molecule has 168 valence electrons. The molecule has 0 bridgehead atoms. The molecule has 31 heavy (non-hydrogen) atoms. The minimum absolute atomic E-state index is 0.374. The Hall–Kier alpha value is -2.83. The molecular weight excluding hydrogens is 390 g/mol. The van der Waals surface area contributed by atoms with Crippen molar-refractivity contribution in [3.8, 4) is 0 Å². The van der Waals surface area contributed by atoms with E-state index in [4.69, 9.17) is 0 Å². The van der Waals surface area contributed by atoms with Crippen LogP contribution in [0.3, 0.4) is 0 Å². The van der Waals surface area contributed by atoms with Crippen LogP contribution in [0.15, 0.2) is 39.9 Å². The molecule has 0 aliphatic rings. The Balaban J connectivity index is 1.69. The van der Waals surface area contributed by atoms with Crippen LogP contribution in [0, 0.1) is 0 Å². The lowest BCUT2D eigenvalue weighted by Crippen LogP contribution is -2.29. The van der Waals surface area contributed by atoms with Gasteiger partial charge in [0.2, 0.25) is 5.95 Å². The summed E-state index contributed by atoms with van der Waals surface area (Å²) in [5.74, 6) is 0.653. The number of benzene rings is 1. The van der Waals surface area contributed by atoms with E-state index in [0.29, 0.717) is 30.2 Å². The molecule has 0 saturated carbocycles. The molecule has 2 N–H and O–H groups in total. The summed E-state index contributed by atoms with van der Waals surface area (Å²) in [5, 5.41) is 3.38. The molecule has 3 rings (SSSR count). The first-order chi connectivity index (χ1) is 15.1. The number of nitrogens with one attached hydrogen (secondary N) is 2. The fourth-order valence-electron chi connectivity index (χ4n) is 3.95. The zero-order valence-electron chi connectivity index (χ0n) is 18.8. The smallest absolute Gasteiger partial charge is 0.329 e. The van der Waals surface area contributed by atoms with E-state index in [9.17, 15) is 9.59 Å². The molecule has 3 aromatic rings. The molecule has 0 radical (unpaired) electrons. The summed E-state index contributed by atoms with van der Waals surface area (Å²) in [7, 11) is 1.64. The highest BCUT2D eigenvalue weighted by molar-refractivity contribution is 5.74. The number of hydrogen-bond acceptors (Lipinski definition) is 4. The van der Waals surface area contributed by atoms with E-state index < -0.39 is 5.69 Å². The Labute approximate surface area is 183 Å². The number of nitrogens with zero attached hydrogens (tertiary/aromatic N) is 3. The number of rotatable bonds is 13. The highest BCUT2D eigenvalue weighted by Gasteiger charge is 2.16. The zero-order chi connectivity index (χ0) is 22.1. The second-order valence-corrected chi connectivity index (χ2v) is 8.21. The zero-order valence-corrected chi connectivity index (χ0v) is 18.8. The van der Waals surface area contributed by atoms with Crippen molar-refractivity contribution in [2.75, 3.05) is 11.9 Å². The van der Waals surface area contributed by atoms with E-state index >= 15 is 0 Å². The molecule has 1 aromatic carbocycles. The van der Waals surface area contributed by atoms with Crippen LogP contribution in [0.25, 0.3) is 11.2 Å². The van der Waals surface area contributed by atoms with Gasteiger partial charge in [-0.2, -0.15) is 4.98 Å². The van der Waals surface area contributed by atoms with Gasteiger partial charge >= 0.3 is 5.69 Å². The molecule has 0 atom stereocenters. The topological polar surface area (TPSA) is 84.7 Å². The maximum absolute atomic E-state index is 12.6. The number of aromatic amines is 1. The number of unbranched alkanes of at least 4 members (excludes halogenated alkanes) is 7. The molecule has 0 aliphatic heterocycles. The van der Waals surface area contributed by atoms with Gasteiger partial charge in [0.25, 0.3) is 5.56 Å². The van der Waals surface area contributed by atoms with Crippen LogP contribution in [0.5, 0.6) is 0 Å². The molecule has 7 heteroatoms. The Kier molecular flexibility index (Phi) is 8.50. The second-order valence-electron chi connectivity index (χ2n) is 8.21. The third-order valence-electron chi connectivity index (χ3n) is 5.78. The monoisotopic (exact) mass is 425 g/mol. The molecule has 0 saturated heterocycles. The number of anilines is 1. The lowest BCUT2D eigenvalue weighted by molar-refractivity contribution is 0.549. The maximum atomic E-state index is 12.6. The first-order valence-electron chi connectivity index (χ1n) is 11.6. The molecular formula is C24H35N5O2. The van der Waals surface area contributed by atoms with Crippen molar-refractivity contribution in [3.63, 3.8) is 0 Å². The van der Waals surface area contributed by atoms with Gasteiger partial charge in [-0.05, 0) is 18.4 Å². The predicted octanol–water partition coefficient (Wildman–Crippen LogP) is 4.22. The summed E-state index contributed by atoms with van der Waals surface area (Å²) >= 11 is 0. The van der Waals surface area contributed by atoms with E-state index in [-0.39, 0.29) is 5.56 Å². The van der Waals surface area contributed by atoms with Crippen LogP contribution in [0.1, 0.15) is 63.9 Å². The Bertz CT molecular complexity index is 1070. The summed E-state index contributed by atoms with van der Waals surface area (Å²) in [4.78, 5) is 31.6. The van der Waals surface area contributed by atoms with Crippen molar-refractivity contribution in [1.29, 1.82) is 0 Å². The molecule has 0 amide bonds. The lowest BCUT2D eigenvalue weighted by atomic mass is 10.1. The van der Waals surface area contributed by atoms with Crippen molar-refractivity contribution in [1.82, 2.24) is 19.1 Å². The van der Waals surface area contributed by atoms with Crippen LogP contribution in [-0.4, -0.2) is 25.6 Å². The van der Waals surface area contributed by atoms with Gasteiger partial charge in [-0.1, -0.05) is 82.2 Å². The van der Waals surface area contributed by atoms with Gasteiger partial charge in [0, 0.05) is 20.1 Å². The predicted molar refractivity (Wildman–Crippen MR) is 127 cm³/mol. The van der Waals surface area contributed by atoms with Crippen molar-refractivity contribution >= 4 is 17.1 Å². The quantitative estimate of drug-likeness (QED) is 0.402. The molecule has 2 heterocycles. The number of aryl methyl sites for hydroxylation is 2. The average molecular weight is 426 g/mol. The molecule has 0 fully saturated rings. The Morgan fingerprint density at radius 2 is 1.65 bits per heavy atom. The Morgan fingerprint density at radius 1 is 0.968 bits per heavy atom. The van der Waals surface area contributed by atoms with Gasteiger partial charge in [-0.15, -0.1) is 0 Å². The molecule has 0 aliphatic carbocycles. The largest absolute Gasteiger partial charge is 0.355 e. The van der Waals surface area contributed by atoms with Crippen molar-refractivity contribution in [2.45, 2.75) is 71.3 Å². The van der Waals surface area contributed by atoms with E-state index in [1.807, 2.05) is 22.8 Å². The van der Waals surface area contributed by atoms with Crippen molar-refractivity contribution in [2.24, 2.45) is 7.05 Å². The molecule has 7 nitrogen and oxygen atoms in total. The molecule has 0 unspecified atom stereocenters. The highest BCUT2D eigenvalue weighted by atomic mass is 16.2. The summed E-state index contributed by atoms with van der Waals surface area (Å²) in [5.41, 5.74) is 1.32. The fourth-order valence-corrected chi connectivity index (χ4v) is 3.95. The van der Waals surface area contributed by atoms with Crippen LogP contribution in [0.2, 0.25) is 0 Å². The van der Waals surface area contributed by atoms with Crippen LogP contribution < -0.4 is 16.6 Å². The second kappa shape index (κ2) is 11.5. The number of aromatic nitrogens is 4. The van der Waals surface area contributed by atoms with Gasteiger partial charge in [0.05, 0.1) is 0 Å². The first-order valence-corrected chi connectivity index (χ1v) is 11.6. The average Bonchev–Trinajstić information content (AvgIpc) is 3.14. The van der Waals surface area contributed by atoms with Crippen molar-refractivity contribution < 1.29 is 0 Å². The van der Waals surface area contributed by atoms with Gasteiger partial charge < -0.3 is 9.88 Å². The normalized spacial score (nSPS) is 11.3. The van der Waals surface area contributed by atoms with E-state index in [0.717, 1.165) is 19.3 Å². The van der Waals surface area contributed by atoms with Gasteiger partial charge in [0.1, 0.15) is 0 Å². The number of fused-ring (bicyclic) bond motifs is 1. The first kappa shape index (κ1) is 22.8. The summed E-state index contributed by atoms with van der Waals surface area (Å²) in [6, 6.07) is 10.3. The van der Waals surface area contributed by atoms with Crippen LogP contribution in [0.4, 0.5) is 5.95 Å². The number of H-pyrrole nitrogens is 1.